The lowest BCUT2D eigenvalue weighted by Crippen LogP contribution is -2.35. The smallest absolute Gasteiger partial charge is 0.284 e. The van der Waals surface area contributed by atoms with Crippen LogP contribution in [-0.2, 0) is 19.3 Å². The van der Waals surface area contributed by atoms with Crippen LogP contribution in [0.15, 0.2) is 57.8 Å². The molecule has 1 aliphatic rings. The minimum absolute atomic E-state index is 0.0906. The lowest BCUT2D eigenvalue weighted by atomic mass is 9.91. The number of halogens is 2. The molecule has 33 heavy (non-hydrogen) atoms. The summed E-state index contributed by atoms with van der Waals surface area (Å²) in [7, 11) is 0. The fourth-order valence-corrected chi connectivity index (χ4v) is 4.85. The minimum atomic E-state index is -0.205. The molecular weight excluding hydrogens is 422 g/mol. The summed E-state index contributed by atoms with van der Waals surface area (Å²) in [4.78, 5) is 14.9. The summed E-state index contributed by atoms with van der Waals surface area (Å²) >= 11 is 0. The van der Waals surface area contributed by atoms with Crippen LogP contribution in [-0.4, -0.2) is 23.1 Å². The Morgan fingerprint density at radius 2 is 1.39 bits per heavy atom. The van der Waals surface area contributed by atoms with E-state index >= 15 is 0 Å². The maximum atomic E-state index is 13.1. The number of aromatic nitrogens is 1. The number of hydrogen-bond acceptors (Lipinski definition) is 3. The zero-order valence-electron chi connectivity index (χ0n) is 19.0. The maximum Gasteiger partial charge on any atom is 0.284 e. The van der Waals surface area contributed by atoms with Crippen molar-refractivity contribution in [2.75, 3.05) is 13.1 Å². The number of H-pyrrole nitrogens is 1. The predicted molar refractivity (Wildman–Crippen MR) is 125 cm³/mol. The molecule has 1 aromatic heterocycles. The summed E-state index contributed by atoms with van der Waals surface area (Å²) in [6.07, 6.45) is 8.67. The number of unbranched alkanes of at least 4 members (excludes halogenated alkanes) is 2. The van der Waals surface area contributed by atoms with Crippen LogP contribution in [0.2, 0.25) is 0 Å². The van der Waals surface area contributed by atoms with E-state index in [1.807, 2.05) is 24.3 Å². The Morgan fingerprint density at radius 3 is 1.94 bits per heavy atom. The normalized spacial score (nSPS) is 15.7. The van der Waals surface area contributed by atoms with E-state index in [-0.39, 0.29) is 23.2 Å². The Bertz CT molecular complexity index is 1000. The van der Waals surface area contributed by atoms with E-state index in [1.54, 1.807) is 0 Å². The highest BCUT2D eigenvalue weighted by Gasteiger charge is 2.30. The standard InChI is InChI=1S/C27H32F2N2O2/c28-22-14-10-20(11-15-22)6-1-3-18-31(19-4-2-7-21-12-16-23(29)17-13-21)24-8-5-9-25-26(24)27(32)30-33-25/h10-17,24H,1-9,18-19H2,(H,30,32). The van der Waals surface area contributed by atoms with E-state index in [0.717, 1.165) is 93.3 Å². The number of aryl methyl sites for hydroxylation is 3. The topological polar surface area (TPSA) is 49.2 Å². The summed E-state index contributed by atoms with van der Waals surface area (Å²) in [5.74, 6) is 0.395. The second-order valence-corrected chi connectivity index (χ2v) is 8.98. The van der Waals surface area contributed by atoms with Gasteiger partial charge in [-0.15, -0.1) is 0 Å². The molecule has 4 rings (SSSR count). The molecule has 1 atom stereocenters. The third-order valence-electron chi connectivity index (χ3n) is 6.62. The van der Waals surface area contributed by atoms with E-state index in [4.69, 9.17) is 4.52 Å². The summed E-state index contributed by atoms with van der Waals surface area (Å²) in [6, 6.07) is 13.5. The van der Waals surface area contributed by atoms with Crippen molar-refractivity contribution >= 4 is 0 Å². The Balaban J connectivity index is 1.34. The summed E-state index contributed by atoms with van der Waals surface area (Å²) in [5, 5.41) is 2.53. The molecular formula is C27H32F2N2O2. The van der Waals surface area contributed by atoms with Crippen molar-refractivity contribution in [3.05, 3.63) is 93.0 Å². The molecule has 4 nitrogen and oxygen atoms in total. The first-order valence-electron chi connectivity index (χ1n) is 12.0. The van der Waals surface area contributed by atoms with Gasteiger partial charge in [0.2, 0.25) is 0 Å². The van der Waals surface area contributed by atoms with Gasteiger partial charge in [0.05, 0.1) is 5.56 Å². The van der Waals surface area contributed by atoms with Gasteiger partial charge in [-0.3, -0.25) is 9.69 Å². The molecule has 0 bridgehead atoms. The lowest BCUT2D eigenvalue weighted by molar-refractivity contribution is 0.167. The number of aromatic amines is 1. The monoisotopic (exact) mass is 454 g/mol. The number of rotatable bonds is 11. The van der Waals surface area contributed by atoms with Crippen molar-refractivity contribution in [2.45, 2.75) is 63.8 Å². The molecule has 1 heterocycles. The first kappa shape index (κ1) is 23.4. The average Bonchev–Trinajstić information content (AvgIpc) is 3.21. The van der Waals surface area contributed by atoms with Crippen LogP contribution in [0.5, 0.6) is 0 Å². The van der Waals surface area contributed by atoms with E-state index in [0.29, 0.717) is 0 Å². The predicted octanol–water partition coefficient (Wildman–Crippen LogP) is 5.97. The Morgan fingerprint density at radius 1 is 0.848 bits per heavy atom. The fraction of sp³-hybridized carbons (Fsp3) is 0.444. The number of fused-ring (bicyclic) bond motifs is 1. The number of nitrogens with zero attached hydrogens (tertiary/aromatic N) is 1. The van der Waals surface area contributed by atoms with E-state index in [2.05, 4.69) is 10.1 Å². The molecule has 0 saturated heterocycles. The maximum absolute atomic E-state index is 13.1. The van der Waals surface area contributed by atoms with Gasteiger partial charge >= 0.3 is 0 Å². The zero-order chi connectivity index (χ0) is 23.0. The highest BCUT2D eigenvalue weighted by Crippen LogP contribution is 2.32. The Labute approximate surface area is 193 Å². The first-order chi connectivity index (χ1) is 16.1. The zero-order valence-corrected chi connectivity index (χ0v) is 19.0. The van der Waals surface area contributed by atoms with Gasteiger partial charge < -0.3 is 4.52 Å². The molecule has 0 fully saturated rings. The summed E-state index contributed by atoms with van der Waals surface area (Å²) in [6.45, 7) is 1.82. The van der Waals surface area contributed by atoms with Crippen LogP contribution >= 0.6 is 0 Å². The molecule has 0 aliphatic heterocycles. The van der Waals surface area contributed by atoms with Gasteiger partial charge in [0.15, 0.2) is 0 Å². The Kier molecular flexibility index (Phi) is 8.10. The van der Waals surface area contributed by atoms with Gasteiger partial charge in [0.1, 0.15) is 17.4 Å². The molecule has 0 radical (unpaired) electrons. The second-order valence-electron chi connectivity index (χ2n) is 8.98. The van der Waals surface area contributed by atoms with Gasteiger partial charge in [-0.25, -0.2) is 8.78 Å². The van der Waals surface area contributed by atoms with Crippen molar-refractivity contribution in [3.63, 3.8) is 0 Å². The van der Waals surface area contributed by atoms with Crippen LogP contribution in [0.4, 0.5) is 8.78 Å². The van der Waals surface area contributed by atoms with Gasteiger partial charge in [0, 0.05) is 12.5 Å². The molecule has 1 aliphatic carbocycles. The van der Waals surface area contributed by atoms with Crippen LogP contribution in [0.25, 0.3) is 0 Å². The molecule has 1 unspecified atom stereocenters. The highest BCUT2D eigenvalue weighted by molar-refractivity contribution is 5.22. The first-order valence-corrected chi connectivity index (χ1v) is 12.0. The molecule has 1 N–H and O–H groups in total. The molecule has 0 amide bonds. The highest BCUT2D eigenvalue weighted by atomic mass is 19.1. The fourth-order valence-electron chi connectivity index (χ4n) is 4.85. The summed E-state index contributed by atoms with van der Waals surface area (Å²) in [5.41, 5.74) is 3.00. The lowest BCUT2D eigenvalue weighted by Gasteiger charge is -2.33. The molecule has 3 aromatic rings. The molecule has 0 spiro atoms. The second kappa shape index (κ2) is 11.4. The average molecular weight is 455 g/mol. The van der Waals surface area contributed by atoms with Gasteiger partial charge in [-0.1, -0.05) is 24.3 Å². The van der Waals surface area contributed by atoms with E-state index in [1.165, 1.54) is 24.3 Å². The van der Waals surface area contributed by atoms with E-state index in [9.17, 15) is 13.6 Å². The van der Waals surface area contributed by atoms with E-state index < -0.39 is 0 Å². The van der Waals surface area contributed by atoms with Gasteiger partial charge in [-0.2, -0.15) is 5.16 Å². The third-order valence-corrected chi connectivity index (χ3v) is 6.62. The largest absolute Gasteiger partial charge is 0.383 e. The Hall–Kier alpha value is -2.73. The van der Waals surface area contributed by atoms with Crippen LogP contribution < -0.4 is 5.56 Å². The third kappa shape index (κ3) is 6.41. The summed E-state index contributed by atoms with van der Waals surface area (Å²) < 4.78 is 31.7. The molecule has 2 aromatic carbocycles. The van der Waals surface area contributed by atoms with Crippen LogP contribution in [0.3, 0.4) is 0 Å². The van der Waals surface area contributed by atoms with Crippen molar-refractivity contribution < 1.29 is 13.3 Å². The number of nitrogens with one attached hydrogen (secondary N) is 1. The SMILES string of the molecule is O=c1[nH]oc2c1C(N(CCCCc1ccc(F)cc1)CCCCc1ccc(F)cc1)CCC2. The van der Waals surface area contributed by atoms with Crippen molar-refractivity contribution in [1.82, 2.24) is 10.1 Å². The van der Waals surface area contributed by atoms with Crippen molar-refractivity contribution in [1.29, 1.82) is 0 Å². The van der Waals surface area contributed by atoms with Crippen molar-refractivity contribution in [2.24, 2.45) is 0 Å². The number of benzene rings is 2. The van der Waals surface area contributed by atoms with Crippen LogP contribution in [0, 0.1) is 11.6 Å². The minimum Gasteiger partial charge on any atom is -0.383 e. The molecule has 0 saturated carbocycles. The number of hydrogen-bond donors (Lipinski definition) is 1. The molecule has 176 valence electrons. The van der Waals surface area contributed by atoms with Crippen molar-refractivity contribution in [3.8, 4) is 0 Å². The van der Waals surface area contributed by atoms with Gasteiger partial charge in [0.25, 0.3) is 5.56 Å². The molecule has 6 heteroatoms. The van der Waals surface area contributed by atoms with Gasteiger partial charge in [-0.05, 0) is 99.8 Å². The quantitative estimate of drug-likeness (QED) is 0.363. The van der Waals surface area contributed by atoms with Crippen LogP contribution in [0.1, 0.15) is 67.0 Å².